The van der Waals surface area contributed by atoms with E-state index in [1.807, 2.05) is 51.1 Å². The zero-order chi connectivity index (χ0) is 18.9. The van der Waals surface area contributed by atoms with Gasteiger partial charge in [0.25, 0.3) is 0 Å². The lowest BCUT2D eigenvalue weighted by atomic mass is 10.2. The van der Waals surface area contributed by atoms with Crippen molar-refractivity contribution in [2.45, 2.75) is 32.9 Å². The molecule has 0 radical (unpaired) electrons. The fraction of sp³-hybridized carbons (Fsp3) is 0.579. The summed E-state index contributed by atoms with van der Waals surface area (Å²) >= 11 is 0. The number of imide groups is 1. The molecule has 1 atom stereocenters. The largest absolute Gasteiger partial charge is 0.492 e. The van der Waals surface area contributed by atoms with E-state index in [0.29, 0.717) is 6.61 Å². The van der Waals surface area contributed by atoms with Crippen molar-refractivity contribution >= 4 is 11.9 Å². The van der Waals surface area contributed by atoms with Gasteiger partial charge in [-0.25, -0.2) is 4.79 Å². The van der Waals surface area contributed by atoms with Crippen LogP contribution in [-0.4, -0.2) is 73.2 Å². The number of carbonyl (C=O) groups excluding carboxylic acids is 2. The first-order chi connectivity index (χ1) is 12.5. The van der Waals surface area contributed by atoms with Crippen LogP contribution in [0.25, 0.3) is 0 Å². The Bertz CT molecular complexity index is 571. The van der Waals surface area contributed by atoms with Gasteiger partial charge in [-0.15, -0.1) is 0 Å². The number of hydrogen-bond donors (Lipinski definition) is 2. The van der Waals surface area contributed by atoms with Crippen molar-refractivity contribution in [3.05, 3.63) is 30.3 Å². The number of hydrogen-bond acceptors (Lipinski definition) is 5. The van der Waals surface area contributed by atoms with E-state index >= 15 is 0 Å². The zero-order valence-corrected chi connectivity index (χ0v) is 15.9. The van der Waals surface area contributed by atoms with Gasteiger partial charge in [-0.3, -0.25) is 19.9 Å². The van der Waals surface area contributed by atoms with E-state index in [0.717, 1.165) is 38.5 Å². The molecule has 1 aromatic carbocycles. The van der Waals surface area contributed by atoms with Gasteiger partial charge in [-0.05, 0) is 32.9 Å². The van der Waals surface area contributed by atoms with Crippen LogP contribution in [-0.2, 0) is 4.79 Å². The molecule has 1 aromatic rings. The van der Waals surface area contributed by atoms with Gasteiger partial charge in [0.1, 0.15) is 12.4 Å². The number of carbonyl (C=O) groups is 2. The van der Waals surface area contributed by atoms with Crippen LogP contribution in [0.4, 0.5) is 4.79 Å². The van der Waals surface area contributed by atoms with Crippen molar-refractivity contribution in [2.24, 2.45) is 0 Å². The van der Waals surface area contributed by atoms with Crippen LogP contribution in [0, 0.1) is 0 Å². The van der Waals surface area contributed by atoms with Crippen molar-refractivity contribution in [1.29, 1.82) is 0 Å². The second-order valence-electron chi connectivity index (χ2n) is 6.83. The molecule has 1 aliphatic rings. The van der Waals surface area contributed by atoms with E-state index in [2.05, 4.69) is 20.4 Å². The summed E-state index contributed by atoms with van der Waals surface area (Å²) in [5.74, 6) is 0.625. The van der Waals surface area contributed by atoms with Crippen molar-refractivity contribution in [1.82, 2.24) is 20.4 Å². The SMILES string of the molecule is CC(C)NC(=O)NC(=O)C(C)N1CCN(CCOc2ccccc2)CC1. The minimum Gasteiger partial charge on any atom is -0.492 e. The molecule has 2 N–H and O–H groups in total. The van der Waals surface area contributed by atoms with Gasteiger partial charge in [0, 0.05) is 38.8 Å². The Morgan fingerprint density at radius 3 is 2.35 bits per heavy atom. The van der Waals surface area contributed by atoms with Gasteiger partial charge in [0.2, 0.25) is 5.91 Å². The first-order valence-corrected chi connectivity index (χ1v) is 9.21. The molecule has 7 heteroatoms. The van der Waals surface area contributed by atoms with Crippen molar-refractivity contribution in [3.8, 4) is 5.75 Å². The summed E-state index contributed by atoms with van der Waals surface area (Å²) < 4.78 is 5.73. The molecule has 1 unspecified atom stereocenters. The standard InChI is InChI=1S/C19H30N4O3/c1-15(2)20-19(25)21-18(24)16(3)23-11-9-22(10-12-23)13-14-26-17-7-5-4-6-8-17/h4-8,15-16H,9-14H2,1-3H3,(H2,20,21,24,25). The average molecular weight is 362 g/mol. The van der Waals surface area contributed by atoms with E-state index < -0.39 is 6.03 Å². The summed E-state index contributed by atoms with van der Waals surface area (Å²) in [7, 11) is 0. The highest BCUT2D eigenvalue weighted by Gasteiger charge is 2.26. The summed E-state index contributed by atoms with van der Waals surface area (Å²) in [6.07, 6.45) is 0. The summed E-state index contributed by atoms with van der Waals surface area (Å²) in [4.78, 5) is 28.3. The summed E-state index contributed by atoms with van der Waals surface area (Å²) in [5, 5.41) is 5.07. The lowest BCUT2D eigenvalue weighted by Gasteiger charge is -2.37. The third kappa shape index (κ3) is 6.65. The highest BCUT2D eigenvalue weighted by Crippen LogP contribution is 2.09. The van der Waals surface area contributed by atoms with E-state index in [1.54, 1.807) is 0 Å². The number of nitrogens with one attached hydrogen (secondary N) is 2. The van der Waals surface area contributed by atoms with Crippen molar-refractivity contribution in [3.63, 3.8) is 0 Å². The van der Waals surface area contributed by atoms with Gasteiger partial charge < -0.3 is 10.1 Å². The highest BCUT2D eigenvalue weighted by molar-refractivity contribution is 5.96. The predicted octanol–water partition coefficient (Wildman–Crippen LogP) is 1.31. The second-order valence-corrected chi connectivity index (χ2v) is 6.83. The van der Waals surface area contributed by atoms with Crippen molar-refractivity contribution < 1.29 is 14.3 Å². The fourth-order valence-electron chi connectivity index (χ4n) is 2.86. The third-order valence-electron chi connectivity index (χ3n) is 4.41. The number of ether oxygens (including phenoxy) is 1. The van der Waals surface area contributed by atoms with Crippen LogP contribution < -0.4 is 15.4 Å². The number of nitrogens with zero attached hydrogens (tertiary/aromatic N) is 2. The number of para-hydroxylation sites is 1. The second kappa shape index (κ2) is 10.1. The lowest BCUT2D eigenvalue weighted by molar-refractivity contribution is -0.125. The molecule has 0 spiro atoms. The van der Waals surface area contributed by atoms with Gasteiger partial charge in [-0.1, -0.05) is 18.2 Å². The minimum absolute atomic E-state index is 0.000226. The van der Waals surface area contributed by atoms with E-state index in [1.165, 1.54) is 0 Å². The minimum atomic E-state index is -0.437. The predicted molar refractivity (Wildman–Crippen MR) is 101 cm³/mol. The molecular weight excluding hydrogens is 332 g/mol. The molecule has 3 amide bonds. The summed E-state index contributed by atoms with van der Waals surface area (Å²) in [5.41, 5.74) is 0. The summed E-state index contributed by atoms with van der Waals surface area (Å²) in [6, 6.07) is 9.03. The van der Waals surface area contributed by atoms with Crippen molar-refractivity contribution in [2.75, 3.05) is 39.3 Å². The quantitative estimate of drug-likeness (QED) is 0.765. The van der Waals surface area contributed by atoms with E-state index in [-0.39, 0.29) is 18.0 Å². The Hall–Kier alpha value is -2.12. The number of rotatable bonds is 7. The third-order valence-corrected chi connectivity index (χ3v) is 4.41. The Labute approximate surface area is 155 Å². The normalized spacial score (nSPS) is 16.9. The van der Waals surface area contributed by atoms with Crippen LogP contribution in [0.1, 0.15) is 20.8 Å². The number of amides is 3. The Morgan fingerprint density at radius 1 is 1.08 bits per heavy atom. The Kier molecular flexibility index (Phi) is 7.87. The van der Waals surface area contributed by atoms with Gasteiger partial charge in [0.05, 0.1) is 6.04 Å². The smallest absolute Gasteiger partial charge is 0.321 e. The highest BCUT2D eigenvalue weighted by atomic mass is 16.5. The van der Waals surface area contributed by atoms with Gasteiger partial charge in [-0.2, -0.15) is 0 Å². The van der Waals surface area contributed by atoms with Crippen LogP contribution in [0.3, 0.4) is 0 Å². The van der Waals surface area contributed by atoms with Crippen LogP contribution in [0.2, 0.25) is 0 Å². The molecule has 7 nitrogen and oxygen atoms in total. The number of benzene rings is 1. The molecule has 26 heavy (non-hydrogen) atoms. The maximum absolute atomic E-state index is 12.2. The van der Waals surface area contributed by atoms with Crippen LogP contribution in [0.15, 0.2) is 30.3 Å². The van der Waals surface area contributed by atoms with Crippen LogP contribution >= 0.6 is 0 Å². The van der Waals surface area contributed by atoms with Crippen LogP contribution in [0.5, 0.6) is 5.75 Å². The molecule has 0 aromatic heterocycles. The first kappa shape index (κ1) is 20.2. The Balaban J connectivity index is 1.66. The number of urea groups is 1. The zero-order valence-electron chi connectivity index (χ0n) is 15.9. The molecule has 1 fully saturated rings. The maximum atomic E-state index is 12.2. The van der Waals surface area contributed by atoms with Gasteiger partial charge in [0.15, 0.2) is 0 Å². The van der Waals surface area contributed by atoms with E-state index in [9.17, 15) is 9.59 Å². The molecule has 0 saturated carbocycles. The molecule has 1 saturated heterocycles. The fourth-order valence-corrected chi connectivity index (χ4v) is 2.86. The molecule has 1 aliphatic heterocycles. The average Bonchev–Trinajstić information content (AvgIpc) is 2.62. The molecule has 0 bridgehead atoms. The Morgan fingerprint density at radius 2 is 1.73 bits per heavy atom. The molecule has 144 valence electrons. The molecule has 2 rings (SSSR count). The molecular formula is C19H30N4O3. The molecule has 1 heterocycles. The number of piperazine rings is 1. The van der Waals surface area contributed by atoms with Gasteiger partial charge >= 0.3 is 6.03 Å². The summed E-state index contributed by atoms with van der Waals surface area (Å²) in [6.45, 7) is 10.4. The maximum Gasteiger partial charge on any atom is 0.321 e. The topological polar surface area (TPSA) is 73.9 Å². The monoisotopic (exact) mass is 362 g/mol. The lowest BCUT2D eigenvalue weighted by Crippen LogP contribution is -2.56. The first-order valence-electron chi connectivity index (χ1n) is 9.21. The molecule has 0 aliphatic carbocycles. The van der Waals surface area contributed by atoms with E-state index in [4.69, 9.17) is 4.74 Å².